The summed E-state index contributed by atoms with van der Waals surface area (Å²) in [6.07, 6.45) is 0. The molecule has 0 aromatic carbocycles. The van der Waals surface area contributed by atoms with Crippen LogP contribution in [-0.2, 0) is 0 Å². The van der Waals surface area contributed by atoms with Gasteiger partial charge in [-0.25, -0.2) is 0 Å². The molecule has 1 saturated heterocycles. The van der Waals surface area contributed by atoms with Crippen molar-refractivity contribution < 1.29 is 5.11 Å². The molecule has 0 radical (unpaired) electrons. The van der Waals surface area contributed by atoms with Gasteiger partial charge in [0.1, 0.15) is 0 Å². The molecule has 1 rings (SSSR count). The summed E-state index contributed by atoms with van der Waals surface area (Å²) in [5.74, 6) is 0.375. The number of likely N-dealkylation sites (tertiary alicyclic amines) is 1. The largest absolute Gasteiger partial charge is 0.396 e. The summed E-state index contributed by atoms with van der Waals surface area (Å²) >= 11 is 0. The Labute approximate surface area is 81.1 Å². The van der Waals surface area contributed by atoms with E-state index in [0.29, 0.717) is 12.0 Å². The first-order valence-electron chi connectivity index (χ1n) is 5.09. The Hall–Kier alpha value is -0.120. The van der Waals surface area contributed by atoms with Gasteiger partial charge in [0.15, 0.2) is 0 Å². The summed E-state index contributed by atoms with van der Waals surface area (Å²) < 4.78 is 0. The highest BCUT2D eigenvalue weighted by atomic mass is 16.3. The molecule has 1 aliphatic rings. The van der Waals surface area contributed by atoms with Crippen molar-refractivity contribution in [3.63, 3.8) is 0 Å². The van der Waals surface area contributed by atoms with E-state index in [0.717, 1.165) is 13.1 Å². The van der Waals surface area contributed by atoms with Crippen LogP contribution >= 0.6 is 0 Å². The molecule has 78 valence electrons. The van der Waals surface area contributed by atoms with Crippen LogP contribution in [0.2, 0.25) is 0 Å². The number of hydrogen-bond acceptors (Lipinski definition) is 3. The van der Waals surface area contributed by atoms with Gasteiger partial charge >= 0.3 is 0 Å². The van der Waals surface area contributed by atoms with Crippen LogP contribution < -0.4 is 5.32 Å². The maximum absolute atomic E-state index is 9.25. The molecule has 0 aliphatic carbocycles. The molecule has 2 atom stereocenters. The normalized spacial score (nSPS) is 33.9. The van der Waals surface area contributed by atoms with Crippen LogP contribution in [0.5, 0.6) is 0 Å². The number of likely N-dealkylation sites (N-methyl/N-ethyl adjacent to an activating group) is 2. The lowest BCUT2D eigenvalue weighted by Crippen LogP contribution is -2.51. The highest BCUT2D eigenvalue weighted by molar-refractivity contribution is 5.03. The van der Waals surface area contributed by atoms with Crippen LogP contribution in [0.15, 0.2) is 0 Å². The van der Waals surface area contributed by atoms with E-state index in [1.54, 1.807) is 0 Å². The Morgan fingerprint density at radius 2 is 2.15 bits per heavy atom. The van der Waals surface area contributed by atoms with Crippen molar-refractivity contribution in [2.75, 3.05) is 26.7 Å². The van der Waals surface area contributed by atoms with Crippen LogP contribution in [0.4, 0.5) is 0 Å². The third kappa shape index (κ3) is 1.87. The maximum atomic E-state index is 9.25. The molecule has 1 heterocycles. The molecule has 0 aromatic rings. The first-order chi connectivity index (χ1) is 6.04. The van der Waals surface area contributed by atoms with Crippen LogP contribution in [0.3, 0.4) is 0 Å². The lowest BCUT2D eigenvalue weighted by Gasteiger charge is -2.34. The Morgan fingerprint density at radius 3 is 2.62 bits per heavy atom. The summed E-state index contributed by atoms with van der Waals surface area (Å²) in [6.45, 7) is 8.82. The second kappa shape index (κ2) is 3.95. The zero-order chi connectivity index (χ0) is 10.1. The average Bonchev–Trinajstić information content (AvgIpc) is 2.29. The zero-order valence-corrected chi connectivity index (χ0v) is 9.17. The van der Waals surface area contributed by atoms with Crippen molar-refractivity contribution >= 4 is 0 Å². The first-order valence-corrected chi connectivity index (χ1v) is 5.09. The summed E-state index contributed by atoms with van der Waals surface area (Å²) in [7, 11) is 2.12. The number of nitrogens with zero attached hydrogens (tertiary/aromatic N) is 1. The number of hydrogen-bond donors (Lipinski definition) is 2. The van der Waals surface area contributed by atoms with E-state index < -0.39 is 0 Å². The van der Waals surface area contributed by atoms with E-state index in [1.807, 2.05) is 0 Å². The molecular formula is C10H22N2O. The summed E-state index contributed by atoms with van der Waals surface area (Å²) in [5, 5.41) is 12.7. The highest BCUT2D eigenvalue weighted by Gasteiger charge is 2.44. The van der Waals surface area contributed by atoms with E-state index >= 15 is 0 Å². The molecule has 3 nitrogen and oxygen atoms in total. The van der Waals surface area contributed by atoms with Gasteiger partial charge < -0.3 is 10.4 Å². The van der Waals surface area contributed by atoms with Gasteiger partial charge in [-0.3, -0.25) is 4.90 Å². The van der Waals surface area contributed by atoms with Gasteiger partial charge in [0, 0.05) is 30.7 Å². The van der Waals surface area contributed by atoms with Crippen molar-refractivity contribution in [2.24, 2.45) is 5.92 Å². The van der Waals surface area contributed by atoms with Gasteiger partial charge in [-0.05, 0) is 27.4 Å². The molecule has 1 fully saturated rings. The van der Waals surface area contributed by atoms with Crippen molar-refractivity contribution in [1.29, 1.82) is 0 Å². The van der Waals surface area contributed by atoms with Crippen LogP contribution in [0, 0.1) is 5.92 Å². The smallest absolute Gasteiger partial charge is 0.0487 e. The molecule has 1 aliphatic heterocycles. The van der Waals surface area contributed by atoms with E-state index in [9.17, 15) is 5.11 Å². The van der Waals surface area contributed by atoms with Crippen molar-refractivity contribution in [1.82, 2.24) is 10.2 Å². The summed E-state index contributed by atoms with van der Waals surface area (Å²) in [5.41, 5.74) is 0.156. The number of nitrogens with one attached hydrogen (secondary N) is 1. The van der Waals surface area contributed by atoms with E-state index in [4.69, 9.17) is 0 Å². The number of aliphatic hydroxyl groups is 1. The standard InChI is InChI=1S/C10H22N2O/c1-5-11-9-8(7-13)6-12(4)10(9,2)3/h8-9,11,13H,5-7H2,1-4H3. The molecule has 0 amide bonds. The number of aliphatic hydroxyl groups excluding tert-OH is 1. The molecule has 13 heavy (non-hydrogen) atoms. The topological polar surface area (TPSA) is 35.5 Å². The molecule has 0 bridgehead atoms. The molecule has 0 spiro atoms. The van der Waals surface area contributed by atoms with E-state index in [-0.39, 0.29) is 12.1 Å². The first kappa shape index (κ1) is 11.0. The van der Waals surface area contributed by atoms with Crippen LogP contribution in [-0.4, -0.2) is 48.3 Å². The Bertz CT molecular complexity index is 170. The average molecular weight is 186 g/mol. The van der Waals surface area contributed by atoms with Gasteiger partial charge in [0.2, 0.25) is 0 Å². The van der Waals surface area contributed by atoms with Gasteiger partial charge in [-0.1, -0.05) is 6.92 Å². The highest BCUT2D eigenvalue weighted by Crippen LogP contribution is 2.31. The van der Waals surface area contributed by atoms with E-state index in [1.165, 1.54) is 0 Å². The van der Waals surface area contributed by atoms with Crippen molar-refractivity contribution in [3.8, 4) is 0 Å². The SMILES string of the molecule is CCNC1C(CO)CN(C)C1(C)C. The lowest BCUT2D eigenvalue weighted by atomic mass is 9.90. The van der Waals surface area contributed by atoms with Crippen molar-refractivity contribution in [2.45, 2.75) is 32.4 Å². The minimum Gasteiger partial charge on any atom is -0.396 e. The molecule has 2 N–H and O–H groups in total. The fraction of sp³-hybridized carbons (Fsp3) is 1.00. The monoisotopic (exact) mass is 186 g/mol. The quantitative estimate of drug-likeness (QED) is 0.665. The van der Waals surface area contributed by atoms with Gasteiger partial charge in [0.25, 0.3) is 0 Å². The summed E-state index contributed by atoms with van der Waals surface area (Å²) in [4.78, 5) is 2.32. The van der Waals surface area contributed by atoms with Crippen LogP contribution in [0.25, 0.3) is 0 Å². The Balaban J connectivity index is 2.72. The van der Waals surface area contributed by atoms with Gasteiger partial charge in [-0.2, -0.15) is 0 Å². The second-order valence-corrected chi connectivity index (χ2v) is 4.51. The number of rotatable bonds is 3. The van der Waals surface area contributed by atoms with Gasteiger partial charge in [0.05, 0.1) is 0 Å². The lowest BCUT2D eigenvalue weighted by molar-refractivity contribution is 0.178. The third-order valence-corrected chi connectivity index (χ3v) is 3.38. The minimum absolute atomic E-state index is 0.156. The minimum atomic E-state index is 0.156. The fourth-order valence-corrected chi connectivity index (χ4v) is 2.31. The van der Waals surface area contributed by atoms with Crippen molar-refractivity contribution in [3.05, 3.63) is 0 Å². The molecule has 3 heteroatoms. The van der Waals surface area contributed by atoms with E-state index in [2.05, 4.69) is 38.0 Å². The fourth-order valence-electron chi connectivity index (χ4n) is 2.31. The summed E-state index contributed by atoms with van der Waals surface area (Å²) in [6, 6.07) is 0.410. The zero-order valence-electron chi connectivity index (χ0n) is 9.17. The molecule has 0 saturated carbocycles. The van der Waals surface area contributed by atoms with Gasteiger partial charge in [-0.15, -0.1) is 0 Å². The second-order valence-electron chi connectivity index (χ2n) is 4.51. The predicted octanol–water partition coefficient (Wildman–Crippen LogP) is 0.297. The Morgan fingerprint density at radius 1 is 1.54 bits per heavy atom. The molecule has 0 aromatic heterocycles. The maximum Gasteiger partial charge on any atom is 0.0487 e. The molecular weight excluding hydrogens is 164 g/mol. The molecule has 2 unspecified atom stereocenters. The Kier molecular flexibility index (Phi) is 3.33. The van der Waals surface area contributed by atoms with Crippen LogP contribution in [0.1, 0.15) is 20.8 Å². The predicted molar refractivity (Wildman–Crippen MR) is 54.7 cm³/mol. The third-order valence-electron chi connectivity index (χ3n) is 3.38.